The molecule has 2 amide bonds. The van der Waals surface area contributed by atoms with Crippen LogP contribution in [-0.2, 0) is 4.79 Å². The highest BCUT2D eigenvalue weighted by Gasteiger charge is 2.10. The first-order chi connectivity index (χ1) is 17.5. The average Bonchev–Trinajstić information content (AvgIpc) is 3.33. The molecule has 0 fully saturated rings. The Morgan fingerprint density at radius 1 is 0.806 bits per heavy atom. The van der Waals surface area contributed by atoms with Crippen LogP contribution >= 0.6 is 11.8 Å². The Kier molecular flexibility index (Phi) is 6.82. The van der Waals surface area contributed by atoms with Gasteiger partial charge in [0.25, 0.3) is 5.91 Å². The van der Waals surface area contributed by atoms with Crippen LogP contribution in [0.4, 0.5) is 11.4 Å². The molecule has 0 aliphatic rings. The average molecular weight is 494 g/mol. The quantitative estimate of drug-likeness (QED) is 0.244. The number of nitrogens with one attached hydrogen (secondary N) is 2. The minimum Gasteiger partial charge on any atom is -0.436 e. The van der Waals surface area contributed by atoms with E-state index in [1.807, 2.05) is 97.9 Å². The van der Waals surface area contributed by atoms with Crippen molar-refractivity contribution in [1.29, 1.82) is 0 Å². The monoisotopic (exact) mass is 493 g/mol. The van der Waals surface area contributed by atoms with E-state index in [1.165, 1.54) is 11.8 Å². The fourth-order valence-corrected chi connectivity index (χ4v) is 4.40. The predicted octanol–water partition coefficient (Wildman–Crippen LogP) is 6.79. The zero-order valence-corrected chi connectivity index (χ0v) is 20.3. The summed E-state index contributed by atoms with van der Waals surface area (Å²) in [5.41, 5.74) is 5.37. The first kappa shape index (κ1) is 23.4. The van der Waals surface area contributed by atoms with Gasteiger partial charge in [-0.2, -0.15) is 0 Å². The third-order valence-electron chi connectivity index (χ3n) is 5.58. The summed E-state index contributed by atoms with van der Waals surface area (Å²) in [5, 5.41) is 5.82. The maximum atomic E-state index is 12.5. The van der Waals surface area contributed by atoms with Crippen LogP contribution < -0.4 is 10.6 Å². The van der Waals surface area contributed by atoms with Crippen LogP contribution in [-0.4, -0.2) is 22.6 Å². The third-order valence-corrected chi connectivity index (χ3v) is 6.59. The molecule has 0 atom stereocenters. The van der Waals surface area contributed by atoms with Gasteiger partial charge in [-0.1, -0.05) is 30.3 Å². The summed E-state index contributed by atoms with van der Waals surface area (Å²) in [6.45, 7) is 1.91. The van der Waals surface area contributed by atoms with Gasteiger partial charge in [0, 0.05) is 27.4 Å². The molecular formula is C29H23N3O3S. The lowest BCUT2D eigenvalue weighted by Gasteiger charge is -2.09. The first-order valence-electron chi connectivity index (χ1n) is 11.4. The standard InChI is InChI=1S/C29H23N3O3S/c1-19-6-2-3-7-24(19)28(34)31-22-14-16-23(17-15-22)36-18-27(33)30-21-12-10-20(11-13-21)29-32-25-8-4-5-9-26(25)35-29/h2-17H,18H2,1H3,(H,30,33)(H,31,34). The lowest BCUT2D eigenvalue weighted by molar-refractivity contribution is -0.113. The van der Waals surface area contributed by atoms with Gasteiger partial charge in [0.2, 0.25) is 11.8 Å². The van der Waals surface area contributed by atoms with Crippen LogP contribution in [0.25, 0.3) is 22.6 Å². The molecule has 0 saturated carbocycles. The summed E-state index contributed by atoms with van der Waals surface area (Å²) >= 11 is 1.43. The maximum Gasteiger partial charge on any atom is 0.255 e. The summed E-state index contributed by atoms with van der Waals surface area (Å²) in [7, 11) is 0. The number of thioether (sulfide) groups is 1. The van der Waals surface area contributed by atoms with Crippen molar-refractivity contribution in [3.63, 3.8) is 0 Å². The second-order valence-electron chi connectivity index (χ2n) is 8.19. The van der Waals surface area contributed by atoms with E-state index in [-0.39, 0.29) is 17.6 Å². The van der Waals surface area contributed by atoms with Crippen LogP contribution in [0.1, 0.15) is 15.9 Å². The molecule has 5 aromatic rings. The normalized spacial score (nSPS) is 10.8. The SMILES string of the molecule is Cc1ccccc1C(=O)Nc1ccc(SCC(=O)Nc2ccc(-c3nc4ccccc4o3)cc2)cc1. The molecule has 0 saturated heterocycles. The first-order valence-corrected chi connectivity index (χ1v) is 12.4. The van der Waals surface area contributed by atoms with Crippen LogP contribution in [0, 0.1) is 6.92 Å². The fourth-order valence-electron chi connectivity index (χ4n) is 3.70. The van der Waals surface area contributed by atoms with Gasteiger partial charge < -0.3 is 15.1 Å². The Hall–Kier alpha value is -4.36. The molecule has 0 aliphatic carbocycles. The highest BCUT2D eigenvalue weighted by molar-refractivity contribution is 8.00. The smallest absolute Gasteiger partial charge is 0.255 e. The van der Waals surface area contributed by atoms with Crippen LogP contribution in [0.5, 0.6) is 0 Å². The second-order valence-corrected chi connectivity index (χ2v) is 9.24. The van der Waals surface area contributed by atoms with E-state index in [2.05, 4.69) is 15.6 Å². The van der Waals surface area contributed by atoms with Crippen LogP contribution in [0.15, 0.2) is 106 Å². The molecule has 36 heavy (non-hydrogen) atoms. The Morgan fingerprint density at radius 2 is 1.47 bits per heavy atom. The van der Waals surface area contributed by atoms with E-state index in [9.17, 15) is 9.59 Å². The summed E-state index contributed by atoms with van der Waals surface area (Å²) in [6, 6.07) is 29.9. The van der Waals surface area contributed by atoms with Gasteiger partial charge in [0.15, 0.2) is 5.58 Å². The van der Waals surface area contributed by atoms with E-state index in [4.69, 9.17) is 4.42 Å². The number of anilines is 2. The van der Waals surface area contributed by atoms with Crippen molar-refractivity contribution in [3.8, 4) is 11.5 Å². The number of oxazole rings is 1. The topological polar surface area (TPSA) is 84.2 Å². The van der Waals surface area contributed by atoms with E-state index >= 15 is 0 Å². The van der Waals surface area contributed by atoms with E-state index < -0.39 is 0 Å². The molecule has 4 aromatic carbocycles. The molecule has 0 radical (unpaired) electrons. The highest BCUT2D eigenvalue weighted by Crippen LogP contribution is 2.26. The number of fused-ring (bicyclic) bond motifs is 1. The number of rotatable bonds is 7. The van der Waals surface area contributed by atoms with Crippen molar-refractivity contribution in [2.75, 3.05) is 16.4 Å². The molecule has 2 N–H and O–H groups in total. The maximum absolute atomic E-state index is 12.5. The lowest BCUT2D eigenvalue weighted by atomic mass is 10.1. The number of aromatic nitrogens is 1. The van der Waals surface area contributed by atoms with Gasteiger partial charge in [-0.25, -0.2) is 4.98 Å². The number of carbonyl (C=O) groups is 2. The Balaban J connectivity index is 1.13. The summed E-state index contributed by atoms with van der Waals surface area (Å²) in [6.07, 6.45) is 0. The Labute approximate surface area is 212 Å². The molecule has 178 valence electrons. The molecule has 7 heteroatoms. The second kappa shape index (κ2) is 10.5. The summed E-state index contributed by atoms with van der Waals surface area (Å²) in [4.78, 5) is 30.3. The van der Waals surface area contributed by atoms with Crippen LogP contribution in [0.2, 0.25) is 0 Å². The minimum atomic E-state index is -0.144. The number of benzene rings is 4. The number of aryl methyl sites for hydroxylation is 1. The van der Waals surface area contributed by atoms with Crippen molar-refractivity contribution in [3.05, 3.63) is 108 Å². The predicted molar refractivity (Wildman–Crippen MR) is 144 cm³/mol. The van der Waals surface area contributed by atoms with Gasteiger partial charge in [-0.3, -0.25) is 9.59 Å². The van der Waals surface area contributed by atoms with Gasteiger partial charge in [0.05, 0.1) is 5.75 Å². The number of para-hydroxylation sites is 2. The molecule has 5 rings (SSSR count). The summed E-state index contributed by atoms with van der Waals surface area (Å²) in [5.74, 6) is 0.562. The zero-order valence-electron chi connectivity index (χ0n) is 19.5. The number of amides is 2. The molecule has 0 spiro atoms. The number of hydrogen-bond acceptors (Lipinski definition) is 5. The van der Waals surface area contributed by atoms with Crippen molar-refractivity contribution in [2.45, 2.75) is 11.8 Å². The van der Waals surface area contributed by atoms with Crippen molar-refractivity contribution in [2.24, 2.45) is 0 Å². The fraction of sp³-hybridized carbons (Fsp3) is 0.0690. The van der Waals surface area contributed by atoms with E-state index in [0.29, 0.717) is 22.8 Å². The molecule has 1 heterocycles. The molecule has 0 unspecified atom stereocenters. The Morgan fingerprint density at radius 3 is 2.22 bits per heavy atom. The van der Waals surface area contributed by atoms with Crippen LogP contribution in [0.3, 0.4) is 0 Å². The largest absolute Gasteiger partial charge is 0.436 e. The number of carbonyl (C=O) groups excluding carboxylic acids is 2. The molecule has 0 aliphatic heterocycles. The Bertz CT molecular complexity index is 1490. The van der Waals surface area contributed by atoms with E-state index in [1.54, 1.807) is 6.07 Å². The molecule has 6 nitrogen and oxygen atoms in total. The van der Waals surface area contributed by atoms with Gasteiger partial charge >= 0.3 is 0 Å². The van der Waals surface area contributed by atoms with Gasteiger partial charge in [-0.05, 0) is 79.2 Å². The van der Waals surface area contributed by atoms with Gasteiger partial charge in [-0.15, -0.1) is 11.8 Å². The highest BCUT2D eigenvalue weighted by atomic mass is 32.2. The van der Waals surface area contributed by atoms with Gasteiger partial charge in [0.1, 0.15) is 5.52 Å². The third kappa shape index (κ3) is 5.47. The van der Waals surface area contributed by atoms with Crippen molar-refractivity contribution in [1.82, 2.24) is 4.98 Å². The minimum absolute atomic E-state index is 0.105. The van der Waals surface area contributed by atoms with E-state index in [0.717, 1.165) is 27.1 Å². The summed E-state index contributed by atoms with van der Waals surface area (Å²) < 4.78 is 5.79. The van der Waals surface area contributed by atoms with Crippen molar-refractivity contribution < 1.29 is 14.0 Å². The lowest BCUT2D eigenvalue weighted by Crippen LogP contribution is -2.14. The molecular weight excluding hydrogens is 470 g/mol. The molecule has 0 bridgehead atoms. The molecule has 1 aromatic heterocycles. The number of nitrogens with zero attached hydrogens (tertiary/aromatic N) is 1. The zero-order chi connectivity index (χ0) is 24.9. The number of hydrogen-bond donors (Lipinski definition) is 2. The van der Waals surface area contributed by atoms with Crippen molar-refractivity contribution >= 4 is 46.1 Å².